The maximum atomic E-state index is 12.8. The molecule has 1 spiro atoms. The van der Waals surface area contributed by atoms with Crippen molar-refractivity contribution < 1.29 is 44.5 Å². The number of aliphatic hydroxyl groups is 2. The van der Waals surface area contributed by atoms with E-state index in [4.69, 9.17) is 18.9 Å². The normalized spacial score (nSPS) is 28.5. The molecule has 12 heteroatoms. The average molecular weight is 1210 g/mol. The number of phenolic OH excluding ortho intramolecular Hbond substituents is 3. The van der Waals surface area contributed by atoms with E-state index in [0.717, 1.165) is 164 Å². The number of aromatic hydroxyl groups is 3. The predicted molar refractivity (Wildman–Crippen MR) is 350 cm³/mol. The molecule has 6 aliphatic heterocycles. The number of hydrogen-bond acceptors (Lipinski definition) is 11. The van der Waals surface area contributed by atoms with E-state index < -0.39 is 6.10 Å². The van der Waals surface area contributed by atoms with Gasteiger partial charge in [-0.05, 0) is 224 Å². The molecule has 3 fully saturated rings. The van der Waals surface area contributed by atoms with Crippen LogP contribution in [0.4, 0.5) is 0 Å². The molecule has 0 amide bonds. The minimum absolute atomic E-state index is 0.0239. The van der Waals surface area contributed by atoms with E-state index in [1.54, 1.807) is 36.9 Å². The maximum Gasteiger partial charge on any atom is 0.165 e. The number of nitrogens with zero attached hydrogens (tertiary/aromatic N) is 1. The summed E-state index contributed by atoms with van der Waals surface area (Å²) in [4.78, 5) is 0. The minimum Gasteiger partial charge on any atom is -0.508 e. The summed E-state index contributed by atoms with van der Waals surface area (Å²) in [6.07, 6.45) is 22.0. The van der Waals surface area contributed by atoms with Crippen LogP contribution in [-0.4, -0.2) is 80.6 Å². The summed E-state index contributed by atoms with van der Waals surface area (Å²) in [5, 5.41) is 67.7. The van der Waals surface area contributed by atoms with E-state index in [2.05, 4.69) is 89.7 Å². The fourth-order valence-corrected chi connectivity index (χ4v) is 19.0. The number of rotatable bonds is 10. The zero-order chi connectivity index (χ0) is 61.4. The Morgan fingerprint density at radius 3 is 2.48 bits per heavy atom. The number of benzene rings is 5. The molecule has 1 saturated carbocycles. The van der Waals surface area contributed by atoms with Crippen molar-refractivity contribution in [1.82, 2.24) is 15.2 Å². The van der Waals surface area contributed by atoms with Crippen molar-refractivity contribution in [2.24, 2.45) is 29.6 Å². The summed E-state index contributed by atoms with van der Waals surface area (Å²) in [6.45, 7) is 5.53. The average Bonchev–Trinajstić information content (AvgIpc) is 0.745. The molecule has 10 unspecified atom stereocenters. The van der Waals surface area contributed by atoms with E-state index >= 15 is 0 Å². The van der Waals surface area contributed by atoms with E-state index in [-0.39, 0.29) is 77.7 Å². The van der Waals surface area contributed by atoms with Gasteiger partial charge in [0.15, 0.2) is 11.5 Å². The fraction of sp³-hybridized carbons (Fsp3) is 0.513. The Labute approximate surface area is 531 Å². The standard InChI is InChI=1S/C78H91N3O9/c1-46(2)30-54-34-53-37-64-56(42-82)38-69(86)74(72(54)64)89-43-57-36-59(78-58-22-20-50-12-9-13-51(73(50)78)21-26-70(78)77(90-44-58)28-5-4-6-29-77)35-55-40-81(41-65(55)57)76-66-45-88-61(39-68(53)85)15-8-10-47(18-23-62(66)63-24-27-71(87-3)79-75(63)80-76)16-17-48-19-25-67(84)52(31-48)32-49-11-7-14-60(83)33-49/h7,9,11-14,19,25,31,33,35-36,38,40-41,46-47,53-54,58,61,68,70-71,75,79-80,82-86H,4-6,8,10,15-17,20-22,24,26-30,32,34,37,39,42-45H2,1-3H3. The highest BCUT2D eigenvalue weighted by Crippen LogP contribution is 2.65. The van der Waals surface area contributed by atoms with Crippen LogP contribution in [0.3, 0.4) is 0 Å². The Morgan fingerprint density at radius 1 is 0.811 bits per heavy atom. The highest BCUT2D eigenvalue weighted by atomic mass is 16.5. The number of aromatic nitrogens is 1. The lowest BCUT2D eigenvalue weighted by Gasteiger charge is -2.63. The van der Waals surface area contributed by atoms with Gasteiger partial charge in [0.05, 0.1) is 37.6 Å². The Morgan fingerprint density at radius 2 is 1.66 bits per heavy atom. The molecule has 10 atom stereocenters. The lowest BCUT2D eigenvalue weighted by Crippen LogP contribution is -2.64. The quantitative estimate of drug-likeness (QED) is 0.0653. The first-order valence-electron chi connectivity index (χ1n) is 34.3. The van der Waals surface area contributed by atoms with E-state index in [1.165, 1.54) is 41.5 Å². The summed E-state index contributed by atoms with van der Waals surface area (Å²) < 4.78 is 30.5. The van der Waals surface area contributed by atoms with Gasteiger partial charge in [0.2, 0.25) is 0 Å². The van der Waals surface area contributed by atoms with Crippen molar-refractivity contribution in [2.45, 2.75) is 203 Å². The summed E-state index contributed by atoms with van der Waals surface area (Å²) in [7, 11) is 1.78. The van der Waals surface area contributed by atoms with Crippen LogP contribution >= 0.6 is 0 Å². The van der Waals surface area contributed by atoms with Crippen LogP contribution in [0.25, 0.3) is 16.6 Å². The number of dihydropyridines is 1. The van der Waals surface area contributed by atoms with Crippen molar-refractivity contribution in [2.75, 3.05) is 20.3 Å². The number of nitrogens with one attached hydrogen (secondary N) is 2. The zero-order valence-electron chi connectivity index (χ0n) is 52.9. The molecule has 5 aromatic carbocycles. The van der Waals surface area contributed by atoms with Crippen LogP contribution in [0.15, 0.2) is 108 Å². The number of aliphatic hydroxyl groups excluding tert-OH is 2. The summed E-state index contributed by atoms with van der Waals surface area (Å²) in [5.74, 6) is 10.6. The lowest BCUT2D eigenvalue weighted by atomic mass is 9.45. The molecule has 0 radical (unpaired) electrons. The SMILES string of the molecule is COC1CCC2=C3C#CC(CCc4ccc(O)c(Cc5cccc(O)c5)c4)CCCC4CC(O)C5Cc6c(CO)cc(O)c(c6C(CC(C)C)C5)OCc5cc(C67c8c9cccc8CCC6C6(CCCCC6)OCC7CC9)cc6cn(cc56)C(=C3CO4)NC2N1. The molecular weight excluding hydrogens is 1120 g/mol. The van der Waals surface area contributed by atoms with Crippen LogP contribution in [0.2, 0.25) is 0 Å². The molecule has 16 rings (SSSR count). The second kappa shape index (κ2) is 24.5. The maximum absolute atomic E-state index is 12.8. The van der Waals surface area contributed by atoms with Crippen LogP contribution in [-0.2, 0) is 64.9 Å². The van der Waals surface area contributed by atoms with E-state index in [1.807, 2.05) is 18.2 Å². The molecule has 2 saturated heterocycles. The Balaban J connectivity index is 0.911. The molecule has 6 aromatic rings. The monoisotopic (exact) mass is 1210 g/mol. The number of hydrogen-bond donors (Lipinski definition) is 7. The first-order valence-corrected chi connectivity index (χ1v) is 34.3. The van der Waals surface area contributed by atoms with Gasteiger partial charge in [-0.2, -0.15) is 0 Å². The highest BCUT2D eigenvalue weighted by molar-refractivity contribution is 5.89. The molecule has 7 heterocycles. The molecule has 472 valence electrons. The van der Waals surface area contributed by atoms with Gasteiger partial charge >= 0.3 is 0 Å². The van der Waals surface area contributed by atoms with Gasteiger partial charge in [-0.3, -0.25) is 5.32 Å². The summed E-state index contributed by atoms with van der Waals surface area (Å²) in [5.41, 5.74) is 15.2. The molecule has 8 bridgehead atoms. The van der Waals surface area contributed by atoms with Gasteiger partial charge in [0, 0.05) is 70.7 Å². The number of methoxy groups -OCH3 is 1. The fourth-order valence-electron chi connectivity index (χ4n) is 19.0. The third-order valence-electron chi connectivity index (χ3n) is 23.1. The minimum atomic E-state index is -0.694. The van der Waals surface area contributed by atoms with Crippen LogP contribution in [0.5, 0.6) is 23.0 Å². The first-order chi connectivity index (χ1) is 43.9. The number of aryl methyl sites for hydroxylation is 3. The molecule has 1 aromatic heterocycles. The van der Waals surface area contributed by atoms with E-state index in [0.29, 0.717) is 54.9 Å². The number of phenols is 3. The molecule has 90 heavy (non-hydrogen) atoms. The van der Waals surface area contributed by atoms with Crippen LogP contribution in [0, 0.1) is 41.4 Å². The largest absolute Gasteiger partial charge is 0.508 e. The van der Waals surface area contributed by atoms with Gasteiger partial charge in [-0.1, -0.05) is 93.5 Å². The van der Waals surface area contributed by atoms with Gasteiger partial charge in [0.1, 0.15) is 36.3 Å². The summed E-state index contributed by atoms with van der Waals surface area (Å²) in [6, 6.07) is 27.1. The van der Waals surface area contributed by atoms with Crippen molar-refractivity contribution in [3.8, 4) is 34.8 Å². The predicted octanol–water partition coefficient (Wildman–Crippen LogP) is 13.6. The third kappa shape index (κ3) is 10.7. The van der Waals surface area contributed by atoms with Crippen LogP contribution in [0.1, 0.15) is 184 Å². The van der Waals surface area contributed by atoms with Crippen LogP contribution < -0.4 is 15.4 Å². The van der Waals surface area contributed by atoms with Crippen molar-refractivity contribution in [3.05, 3.63) is 169 Å². The smallest absolute Gasteiger partial charge is 0.165 e. The highest BCUT2D eigenvalue weighted by Gasteiger charge is 2.63. The molecular formula is C78H91N3O9. The number of fused-ring (bicyclic) bond motifs is 5. The van der Waals surface area contributed by atoms with Crippen molar-refractivity contribution in [1.29, 1.82) is 0 Å². The first kappa shape index (κ1) is 59.7. The molecule has 7 N–H and O–H groups in total. The molecule has 12 nitrogen and oxygen atoms in total. The van der Waals surface area contributed by atoms with Gasteiger partial charge in [0.25, 0.3) is 0 Å². The van der Waals surface area contributed by atoms with E-state index in [9.17, 15) is 25.5 Å². The second-order valence-electron chi connectivity index (χ2n) is 28.9. The third-order valence-corrected chi connectivity index (χ3v) is 23.1. The Kier molecular flexibility index (Phi) is 16.2. The van der Waals surface area contributed by atoms with Gasteiger partial charge in [-0.15, -0.1) is 0 Å². The van der Waals surface area contributed by atoms with Crippen molar-refractivity contribution in [3.63, 3.8) is 0 Å². The van der Waals surface area contributed by atoms with Gasteiger partial charge in [-0.25, -0.2) is 0 Å². The van der Waals surface area contributed by atoms with Gasteiger partial charge < -0.3 is 54.4 Å². The molecule has 4 aliphatic carbocycles. The number of ether oxygens (including phenoxy) is 4. The lowest BCUT2D eigenvalue weighted by molar-refractivity contribution is -0.193. The Bertz CT molecular complexity index is 3840. The second-order valence-corrected chi connectivity index (χ2v) is 28.9. The molecule has 10 aliphatic rings. The Hall–Kier alpha value is -6.56. The summed E-state index contributed by atoms with van der Waals surface area (Å²) >= 11 is 0. The van der Waals surface area contributed by atoms with Crippen molar-refractivity contribution >= 4 is 16.6 Å². The number of piperidine rings is 1. The zero-order valence-corrected chi connectivity index (χ0v) is 52.9. The topological polar surface area (TPSA) is 167 Å².